The Balaban J connectivity index is 2.66. The summed E-state index contributed by atoms with van der Waals surface area (Å²) in [5, 5.41) is 2.67. The van der Waals surface area contributed by atoms with Gasteiger partial charge in [0.05, 0.1) is 0 Å². The average molecular weight is 312 g/mol. The second-order valence-electron chi connectivity index (χ2n) is 4.22. The second-order valence-corrected chi connectivity index (χ2v) is 5.13. The Morgan fingerprint density at radius 3 is 2.89 bits per heavy atom. The van der Waals surface area contributed by atoms with Crippen molar-refractivity contribution in [3.8, 4) is 5.75 Å². The quantitative estimate of drug-likeness (QED) is 0.819. The Hall–Kier alpha value is -1.29. The summed E-state index contributed by atoms with van der Waals surface area (Å²) in [6.07, 6.45) is 1.64. The highest BCUT2D eigenvalue weighted by Crippen LogP contribution is 2.29. The lowest BCUT2D eigenvalue weighted by Gasteiger charge is -2.14. The first-order valence-electron chi connectivity index (χ1n) is 5.84. The summed E-state index contributed by atoms with van der Waals surface area (Å²) in [6, 6.07) is 5.80. The van der Waals surface area contributed by atoms with E-state index in [4.69, 9.17) is 4.74 Å². The van der Waals surface area contributed by atoms with Gasteiger partial charge in [0.25, 0.3) is 5.91 Å². The number of carbonyl (C=O) groups is 1. The van der Waals surface area contributed by atoms with Crippen LogP contribution >= 0.6 is 15.9 Å². The smallest absolute Gasteiger partial charge is 0.258 e. The van der Waals surface area contributed by atoms with E-state index >= 15 is 0 Å². The largest absolute Gasteiger partial charge is 0.483 e. The van der Waals surface area contributed by atoms with E-state index < -0.39 is 0 Å². The molecular formula is C14H18BrNO2. The van der Waals surface area contributed by atoms with Gasteiger partial charge in [-0.3, -0.25) is 4.79 Å². The number of carbonyl (C=O) groups excluding carboxylic acids is 1. The van der Waals surface area contributed by atoms with Crippen LogP contribution in [0.2, 0.25) is 0 Å². The van der Waals surface area contributed by atoms with Crippen LogP contribution in [0.15, 0.2) is 35.3 Å². The van der Waals surface area contributed by atoms with Gasteiger partial charge in [-0.25, -0.2) is 0 Å². The summed E-state index contributed by atoms with van der Waals surface area (Å²) >= 11 is 3.43. The number of ether oxygens (including phenoxy) is 1. The first kappa shape index (κ1) is 14.8. The molecule has 0 heterocycles. The zero-order chi connectivity index (χ0) is 13.5. The van der Waals surface area contributed by atoms with Gasteiger partial charge in [-0.1, -0.05) is 35.9 Å². The highest BCUT2D eigenvalue weighted by molar-refractivity contribution is 9.10. The maximum Gasteiger partial charge on any atom is 0.258 e. The number of rotatable bonds is 6. The van der Waals surface area contributed by atoms with Gasteiger partial charge in [0.15, 0.2) is 6.61 Å². The van der Waals surface area contributed by atoms with Crippen molar-refractivity contribution < 1.29 is 9.53 Å². The fourth-order valence-corrected chi connectivity index (χ4v) is 1.86. The second kappa shape index (κ2) is 7.21. The molecule has 0 atom stereocenters. The third kappa shape index (κ3) is 4.53. The lowest BCUT2D eigenvalue weighted by Crippen LogP contribution is -2.29. The van der Waals surface area contributed by atoms with Gasteiger partial charge in [0.2, 0.25) is 0 Å². The molecule has 1 amide bonds. The van der Waals surface area contributed by atoms with Gasteiger partial charge in [0, 0.05) is 11.0 Å². The highest BCUT2D eigenvalue weighted by Gasteiger charge is 2.10. The molecule has 4 heteroatoms. The van der Waals surface area contributed by atoms with Crippen LogP contribution in [0.4, 0.5) is 0 Å². The fourth-order valence-electron chi connectivity index (χ4n) is 1.48. The summed E-state index contributed by atoms with van der Waals surface area (Å²) in [6.45, 7) is 8.20. The summed E-state index contributed by atoms with van der Waals surface area (Å²) < 4.78 is 6.55. The minimum Gasteiger partial charge on any atom is -0.483 e. The van der Waals surface area contributed by atoms with E-state index in [2.05, 4.69) is 41.7 Å². The topological polar surface area (TPSA) is 38.3 Å². The zero-order valence-corrected chi connectivity index (χ0v) is 12.3. The number of halogens is 1. The van der Waals surface area contributed by atoms with Crippen LogP contribution in [0.3, 0.4) is 0 Å². The molecule has 0 spiro atoms. The molecule has 3 nitrogen and oxygen atoms in total. The van der Waals surface area contributed by atoms with Gasteiger partial charge >= 0.3 is 0 Å². The Labute approximate surface area is 116 Å². The van der Waals surface area contributed by atoms with Crippen molar-refractivity contribution in [2.45, 2.75) is 19.8 Å². The molecule has 1 aromatic carbocycles. The third-order valence-corrected chi connectivity index (χ3v) is 2.89. The van der Waals surface area contributed by atoms with E-state index in [0.717, 1.165) is 15.8 Å². The average Bonchev–Trinajstić information content (AvgIpc) is 2.34. The number of hydrogen-bond donors (Lipinski definition) is 1. The minimum atomic E-state index is -0.146. The Morgan fingerprint density at radius 2 is 2.28 bits per heavy atom. The summed E-state index contributed by atoms with van der Waals surface area (Å²) in [5.41, 5.74) is 1.08. The van der Waals surface area contributed by atoms with Crippen LogP contribution in [0, 0.1) is 0 Å². The summed E-state index contributed by atoms with van der Waals surface area (Å²) in [4.78, 5) is 11.4. The monoisotopic (exact) mass is 311 g/mol. The van der Waals surface area contributed by atoms with Crippen LogP contribution in [0.5, 0.6) is 5.75 Å². The maximum atomic E-state index is 11.4. The van der Waals surface area contributed by atoms with E-state index in [1.807, 2.05) is 18.2 Å². The summed E-state index contributed by atoms with van der Waals surface area (Å²) in [7, 11) is 0. The normalized spacial score (nSPS) is 10.2. The molecular weight excluding hydrogens is 294 g/mol. The van der Waals surface area contributed by atoms with Crippen LogP contribution < -0.4 is 10.1 Å². The van der Waals surface area contributed by atoms with Crippen molar-refractivity contribution in [3.05, 3.63) is 40.9 Å². The lowest BCUT2D eigenvalue weighted by atomic mass is 10.0. The molecule has 0 aromatic heterocycles. The Morgan fingerprint density at radius 1 is 1.56 bits per heavy atom. The van der Waals surface area contributed by atoms with Gasteiger partial charge in [-0.05, 0) is 29.7 Å². The zero-order valence-electron chi connectivity index (χ0n) is 10.7. The van der Waals surface area contributed by atoms with E-state index in [1.54, 1.807) is 6.08 Å². The molecule has 1 N–H and O–H groups in total. The van der Waals surface area contributed by atoms with Crippen LogP contribution in [-0.2, 0) is 4.79 Å². The molecule has 1 rings (SSSR count). The molecule has 1 aromatic rings. The van der Waals surface area contributed by atoms with Crippen LogP contribution in [-0.4, -0.2) is 19.1 Å². The van der Waals surface area contributed by atoms with Gasteiger partial charge in [0.1, 0.15) is 5.75 Å². The number of hydrogen-bond acceptors (Lipinski definition) is 2. The highest BCUT2D eigenvalue weighted by atomic mass is 79.9. The van der Waals surface area contributed by atoms with Crippen molar-refractivity contribution >= 4 is 21.8 Å². The first-order valence-corrected chi connectivity index (χ1v) is 6.63. The molecule has 0 aliphatic carbocycles. The minimum absolute atomic E-state index is 0.0230. The van der Waals surface area contributed by atoms with Crippen molar-refractivity contribution in [2.75, 3.05) is 13.2 Å². The van der Waals surface area contributed by atoms with Crippen LogP contribution in [0.25, 0.3) is 0 Å². The van der Waals surface area contributed by atoms with Crippen molar-refractivity contribution in [2.24, 2.45) is 0 Å². The standard InChI is InChI=1S/C14H18BrNO2/c1-4-7-16-14(17)9-18-13-6-5-11(15)8-12(13)10(2)3/h4-6,8,10H,1,7,9H2,2-3H3,(H,16,17). The van der Waals surface area contributed by atoms with Crippen molar-refractivity contribution in [3.63, 3.8) is 0 Å². The molecule has 0 saturated carbocycles. The Kier molecular flexibility index (Phi) is 5.92. The molecule has 18 heavy (non-hydrogen) atoms. The molecule has 0 aliphatic rings. The van der Waals surface area contributed by atoms with Gasteiger partial charge in [-0.15, -0.1) is 6.58 Å². The molecule has 0 aliphatic heterocycles. The van der Waals surface area contributed by atoms with Crippen molar-refractivity contribution in [1.82, 2.24) is 5.32 Å². The summed E-state index contributed by atoms with van der Waals surface area (Å²) in [5.74, 6) is 0.947. The van der Waals surface area contributed by atoms with E-state index in [-0.39, 0.29) is 12.5 Å². The molecule has 0 radical (unpaired) electrons. The first-order chi connectivity index (χ1) is 8.54. The van der Waals surface area contributed by atoms with E-state index in [9.17, 15) is 4.79 Å². The van der Waals surface area contributed by atoms with Crippen molar-refractivity contribution in [1.29, 1.82) is 0 Å². The molecule has 0 saturated heterocycles. The molecule has 0 bridgehead atoms. The van der Waals surface area contributed by atoms with E-state index in [1.165, 1.54) is 0 Å². The SMILES string of the molecule is C=CCNC(=O)COc1ccc(Br)cc1C(C)C. The third-order valence-electron chi connectivity index (χ3n) is 2.40. The number of benzene rings is 1. The predicted octanol–water partition coefficient (Wildman–Crippen LogP) is 3.25. The lowest BCUT2D eigenvalue weighted by molar-refractivity contribution is -0.122. The van der Waals surface area contributed by atoms with Crippen LogP contribution in [0.1, 0.15) is 25.3 Å². The van der Waals surface area contributed by atoms with E-state index in [0.29, 0.717) is 12.5 Å². The number of nitrogens with one attached hydrogen (secondary N) is 1. The molecule has 0 unspecified atom stereocenters. The maximum absolute atomic E-state index is 11.4. The molecule has 98 valence electrons. The Bertz CT molecular complexity index is 430. The number of amides is 1. The molecule has 0 fully saturated rings. The predicted molar refractivity (Wildman–Crippen MR) is 76.9 cm³/mol. The van der Waals surface area contributed by atoms with Gasteiger partial charge in [-0.2, -0.15) is 0 Å². The van der Waals surface area contributed by atoms with Gasteiger partial charge < -0.3 is 10.1 Å². The fraction of sp³-hybridized carbons (Fsp3) is 0.357.